The molecule has 0 atom stereocenters. The Balaban J connectivity index is 2.20. The highest BCUT2D eigenvalue weighted by molar-refractivity contribution is 6.04. The number of nitrogens with one attached hydrogen (secondary N) is 2. The summed E-state index contributed by atoms with van der Waals surface area (Å²) >= 11 is 0. The second kappa shape index (κ2) is 6.81. The Labute approximate surface area is 122 Å². The van der Waals surface area contributed by atoms with Crippen LogP contribution in [0.1, 0.15) is 15.9 Å². The lowest BCUT2D eigenvalue weighted by Crippen LogP contribution is -2.15. The molecule has 21 heavy (non-hydrogen) atoms. The van der Waals surface area contributed by atoms with Crippen molar-refractivity contribution in [1.82, 2.24) is 4.98 Å². The van der Waals surface area contributed by atoms with Crippen molar-refractivity contribution in [2.75, 3.05) is 24.8 Å². The van der Waals surface area contributed by atoms with E-state index in [0.29, 0.717) is 12.3 Å². The monoisotopic (exact) mass is 289 g/mol. The van der Waals surface area contributed by atoms with Gasteiger partial charge in [0.05, 0.1) is 12.2 Å². The molecule has 0 radical (unpaired) electrons. The summed E-state index contributed by atoms with van der Waals surface area (Å²) in [6, 6.07) is 8.52. The summed E-state index contributed by atoms with van der Waals surface area (Å²) in [6.07, 6.45) is 1.38. The third-order valence-electron chi connectivity index (χ3n) is 2.87. The van der Waals surface area contributed by atoms with Crippen LogP contribution in [0.15, 0.2) is 36.5 Å². The van der Waals surface area contributed by atoms with Crippen LogP contribution in [-0.2, 0) is 11.3 Å². The number of ether oxygens (including phenoxy) is 1. The van der Waals surface area contributed by atoms with Crippen LogP contribution in [0.5, 0.6) is 0 Å². The fourth-order valence-electron chi connectivity index (χ4n) is 1.90. The number of rotatable bonds is 5. The number of carbonyl (C=O) groups is 1. The molecule has 0 aliphatic carbocycles. The number of halogens is 1. The maximum absolute atomic E-state index is 14.0. The zero-order chi connectivity index (χ0) is 15.2. The highest BCUT2D eigenvalue weighted by Crippen LogP contribution is 2.17. The summed E-state index contributed by atoms with van der Waals surface area (Å²) in [7, 11) is 3.14. The van der Waals surface area contributed by atoms with Crippen LogP contribution in [0, 0.1) is 5.82 Å². The maximum atomic E-state index is 14.0. The largest absolute Gasteiger partial charge is 0.380 e. The molecule has 2 rings (SSSR count). The second-order valence-electron chi connectivity index (χ2n) is 4.36. The van der Waals surface area contributed by atoms with Crippen molar-refractivity contribution in [2.24, 2.45) is 0 Å². The Kier molecular flexibility index (Phi) is 4.84. The molecule has 2 aromatic rings. The zero-order valence-corrected chi connectivity index (χ0v) is 11.8. The Morgan fingerprint density at radius 1 is 1.38 bits per heavy atom. The van der Waals surface area contributed by atoms with Crippen LogP contribution in [0.25, 0.3) is 0 Å². The van der Waals surface area contributed by atoms with E-state index < -0.39 is 11.7 Å². The Hall–Kier alpha value is -2.47. The lowest BCUT2D eigenvalue weighted by atomic mass is 10.2. The summed E-state index contributed by atoms with van der Waals surface area (Å²) < 4.78 is 19.1. The van der Waals surface area contributed by atoms with Crippen LogP contribution in [-0.4, -0.2) is 25.0 Å². The predicted octanol–water partition coefficient (Wildman–Crippen LogP) is 2.66. The van der Waals surface area contributed by atoms with Gasteiger partial charge in [-0.05, 0) is 23.8 Å². The number of aromatic nitrogens is 1. The first kappa shape index (κ1) is 14.9. The number of benzene rings is 1. The molecule has 110 valence electrons. The van der Waals surface area contributed by atoms with Gasteiger partial charge in [-0.3, -0.25) is 4.79 Å². The highest BCUT2D eigenvalue weighted by Gasteiger charge is 2.15. The van der Waals surface area contributed by atoms with Gasteiger partial charge in [-0.1, -0.05) is 12.1 Å². The van der Waals surface area contributed by atoms with E-state index in [-0.39, 0.29) is 11.4 Å². The molecule has 0 saturated carbocycles. The molecule has 5 nitrogen and oxygen atoms in total. The van der Waals surface area contributed by atoms with Gasteiger partial charge in [0.15, 0.2) is 11.6 Å². The molecule has 6 heteroatoms. The summed E-state index contributed by atoms with van der Waals surface area (Å²) in [5.74, 6) is -1.16. The van der Waals surface area contributed by atoms with E-state index in [4.69, 9.17) is 4.74 Å². The molecule has 0 saturated heterocycles. The third kappa shape index (κ3) is 3.55. The van der Waals surface area contributed by atoms with Crippen LogP contribution in [0.3, 0.4) is 0 Å². The van der Waals surface area contributed by atoms with Gasteiger partial charge in [0.25, 0.3) is 5.91 Å². The minimum atomic E-state index is -0.675. The molecule has 1 heterocycles. The highest BCUT2D eigenvalue weighted by atomic mass is 19.1. The first-order chi connectivity index (χ1) is 10.2. The van der Waals surface area contributed by atoms with E-state index in [0.717, 1.165) is 5.56 Å². The second-order valence-corrected chi connectivity index (χ2v) is 4.36. The van der Waals surface area contributed by atoms with Crippen LogP contribution >= 0.6 is 0 Å². The van der Waals surface area contributed by atoms with E-state index >= 15 is 0 Å². The van der Waals surface area contributed by atoms with Crippen molar-refractivity contribution in [2.45, 2.75) is 6.61 Å². The van der Waals surface area contributed by atoms with Crippen LogP contribution in [0.4, 0.5) is 15.9 Å². The molecule has 1 aromatic heterocycles. The molecular weight excluding hydrogens is 273 g/mol. The lowest BCUT2D eigenvalue weighted by Gasteiger charge is -2.09. The van der Waals surface area contributed by atoms with Crippen molar-refractivity contribution in [3.8, 4) is 0 Å². The van der Waals surface area contributed by atoms with Crippen LogP contribution in [0.2, 0.25) is 0 Å². The molecule has 0 bridgehead atoms. The Bertz CT molecular complexity index is 647. The number of hydrogen-bond acceptors (Lipinski definition) is 4. The van der Waals surface area contributed by atoms with Gasteiger partial charge in [0.1, 0.15) is 0 Å². The van der Waals surface area contributed by atoms with E-state index in [1.165, 1.54) is 12.3 Å². The molecule has 1 amide bonds. The minimum absolute atomic E-state index is 0.0378. The topological polar surface area (TPSA) is 63.2 Å². The SMILES string of the molecule is CNc1nccc(C(=O)Nc2cccc(COC)c2)c1F. The van der Waals surface area contributed by atoms with E-state index in [1.807, 2.05) is 6.07 Å². The number of hydrogen-bond donors (Lipinski definition) is 2. The molecule has 0 fully saturated rings. The Morgan fingerprint density at radius 3 is 2.90 bits per heavy atom. The summed E-state index contributed by atoms with van der Waals surface area (Å²) in [4.78, 5) is 15.9. The summed E-state index contributed by atoms with van der Waals surface area (Å²) in [6.45, 7) is 0.442. The van der Waals surface area contributed by atoms with E-state index in [1.54, 1.807) is 32.4 Å². The van der Waals surface area contributed by atoms with E-state index in [9.17, 15) is 9.18 Å². The van der Waals surface area contributed by atoms with Crippen molar-refractivity contribution in [3.63, 3.8) is 0 Å². The smallest absolute Gasteiger partial charge is 0.258 e. The maximum Gasteiger partial charge on any atom is 0.258 e. The summed E-state index contributed by atoms with van der Waals surface area (Å²) in [5, 5.41) is 5.26. The van der Waals surface area contributed by atoms with Gasteiger partial charge in [-0.2, -0.15) is 0 Å². The van der Waals surface area contributed by atoms with Gasteiger partial charge in [0.2, 0.25) is 0 Å². The minimum Gasteiger partial charge on any atom is -0.380 e. The van der Waals surface area contributed by atoms with Gasteiger partial charge in [-0.25, -0.2) is 9.37 Å². The molecule has 1 aromatic carbocycles. The van der Waals surface area contributed by atoms with Crippen molar-refractivity contribution in [1.29, 1.82) is 0 Å². The predicted molar refractivity (Wildman–Crippen MR) is 78.8 cm³/mol. The molecule has 0 aliphatic heterocycles. The number of anilines is 2. The Morgan fingerprint density at radius 2 is 2.19 bits per heavy atom. The first-order valence-electron chi connectivity index (χ1n) is 6.37. The number of nitrogens with zero attached hydrogens (tertiary/aromatic N) is 1. The fraction of sp³-hybridized carbons (Fsp3) is 0.200. The molecule has 0 aliphatic rings. The average molecular weight is 289 g/mol. The number of methoxy groups -OCH3 is 1. The van der Waals surface area contributed by atoms with Gasteiger partial charge >= 0.3 is 0 Å². The first-order valence-corrected chi connectivity index (χ1v) is 6.37. The van der Waals surface area contributed by atoms with Crippen LogP contribution < -0.4 is 10.6 Å². The number of carbonyl (C=O) groups excluding carboxylic acids is 1. The number of pyridine rings is 1. The standard InChI is InChI=1S/C15H16FN3O2/c1-17-14-13(16)12(6-7-18-14)15(20)19-11-5-3-4-10(8-11)9-21-2/h3-8H,9H2,1-2H3,(H,17,18)(H,19,20). The van der Waals surface area contributed by atoms with E-state index in [2.05, 4.69) is 15.6 Å². The van der Waals surface area contributed by atoms with Gasteiger partial charge in [0, 0.05) is 26.0 Å². The molecule has 0 unspecified atom stereocenters. The average Bonchev–Trinajstić information content (AvgIpc) is 2.48. The van der Waals surface area contributed by atoms with Gasteiger partial charge < -0.3 is 15.4 Å². The zero-order valence-electron chi connectivity index (χ0n) is 11.8. The normalized spacial score (nSPS) is 10.2. The molecule has 0 spiro atoms. The summed E-state index contributed by atoms with van der Waals surface area (Å²) in [5.41, 5.74) is 1.43. The molecular formula is C15H16FN3O2. The fourth-order valence-corrected chi connectivity index (χ4v) is 1.90. The quantitative estimate of drug-likeness (QED) is 0.888. The number of amides is 1. The van der Waals surface area contributed by atoms with Crippen molar-refractivity contribution >= 4 is 17.4 Å². The molecule has 2 N–H and O–H groups in total. The van der Waals surface area contributed by atoms with Gasteiger partial charge in [-0.15, -0.1) is 0 Å². The van der Waals surface area contributed by atoms with Crippen molar-refractivity contribution in [3.05, 3.63) is 53.5 Å². The third-order valence-corrected chi connectivity index (χ3v) is 2.87. The lowest BCUT2D eigenvalue weighted by molar-refractivity contribution is 0.102. The van der Waals surface area contributed by atoms with Crippen molar-refractivity contribution < 1.29 is 13.9 Å².